The smallest absolute Gasteiger partial charge is 0.319 e. The summed E-state index contributed by atoms with van der Waals surface area (Å²) in [4.78, 5) is 18.4. The highest BCUT2D eigenvalue weighted by molar-refractivity contribution is 6.43. The Hall–Kier alpha value is -2.41. The summed E-state index contributed by atoms with van der Waals surface area (Å²) < 4.78 is 2.00. The Kier molecular flexibility index (Phi) is 6.90. The Morgan fingerprint density at radius 1 is 1.03 bits per heavy atom. The second-order valence-electron chi connectivity index (χ2n) is 7.83. The molecule has 0 bridgehead atoms. The van der Waals surface area contributed by atoms with E-state index in [0.29, 0.717) is 16.6 Å². The van der Waals surface area contributed by atoms with E-state index in [-0.39, 0.29) is 0 Å². The highest BCUT2D eigenvalue weighted by Gasteiger charge is 2.20. The van der Waals surface area contributed by atoms with Crippen LogP contribution < -0.4 is 15.5 Å². The van der Waals surface area contributed by atoms with Gasteiger partial charge in [0.05, 0.1) is 21.4 Å². The number of primary amides is 1. The van der Waals surface area contributed by atoms with E-state index in [1.54, 1.807) is 4.90 Å². The molecule has 3 heterocycles. The third-order valence-corrected chi connectivity index (χ3v) is 6.63. The van der Waals surface area contributed by atoms with Crippen LogP contribution in [0.2, 0.25) is 10.0 Å². The van der Waals surface area contributed by atoms with E-state index in [4.69, 9.17) is 28.9 Å². The number of hydrogen-bond donors (Lipinski definition) is 1. The number of nitrogens with two attached hydrogens (primary N) is 1. The van der Waals surface area contributed by atoms with Crippen LogP contribution in [0.25, 0.3) is 5.52 Å². The molecular formula is C23H27Cl2N5O. The highest BCUT2D eigenvalue weighted by Crippen LogP contribution is 2.32. The van der Waals surface area contributed by atoms with Crippen molar-refractivity contribution >= 4 is 46.1 Å². The number of unbranched alkanes of at least 4 members (excludes halogenated alkanes) is 1. The third kappa shape index (κ3) is 5.09. The lowest BCUT2D eigenvalue weighted by molar-refractivity contribution is 0.249. The third-order valence-electron chi connectivity index (χ3n) is 5.82. The number of amides is 2. The molecule has 1 saturated heterocycles. The van der Waals surface area contributed by atoms with Gasteiger partial charge in [-0.2, -0.15) is 0 Å². The first kappa shape index (κ1) is 21.8. The predicted octanol–water partition coefficient (Wildman–Crippen LogP) is 4.73. The molecule has 1 aromatic carbocycles. The monoisotopic (exact) mass is 459 g/mol. The quantitative estimate of drug-likeness (QED) is 0.519. The predicted molar refractivity (Wildman–Crippen MR) is 129 cm³/mol. The van der Waals surface area contributed by atoms with E-state index in [1.165, 1.54) is 0 Å². The van der Waals surface area contributed by atoms with Crippen LogP contribution in [0.15, 0.2) is 54.9 Å². The Labute approximate surface area is 192 Å². The number of hydrogen-bond acceptors (Lipinski definition) is 3. The lowest BCUT2D eigenvalue weighted by Crippen LogP contribution is -2.46. The van der Waals surface area contributed by atoms with Gasteiger partial charge in [-0.05, 0) is 49.7 Å². The van der Waals surface area contributed by atoms with Crippen molar-refractivity contribution in [3.8, 4) is 0 Å². The van der Waals surface area contributed by atoms with Gasteiger partial charge in [-0.15, -0.1) is 0 Å². The SMILES string of the molecule is NC(=O)N(CCCCN1CCN(c2cccc(Cl)c2Cl)CC1)c1cc2ccccn2c1. The molecule has 2 N–H and O–H groups in total. The van der Waals surface area contributed by atoms with E-state index < -0.39 is 6.03 Å². The summed E-state index contributed by atoms with van der Waals surface area (Å²) in [6.45, 7) is 5.42. The number of nitrogens with zero attached hydrogens (tertiary/aromatic N) is 4. The molecule has 8 heteroatoms. The van der Waals surface area contributed by atoms with Crippen LogP contribution in [0, 0.1) is 0 Å². The number of carbonyl (C=O) groups excluding carboxylic acids is 1. The normalized spacial score (nSPS) is 14.8. The van der Waals surface area contributed by atoms with Crippen LogP contribution in [-0.2, 0) is 0 Å². The van der Waals surface area contributed by atoms with Crippen molar-refractivity contribution in [2.75, 3.05) is 49.1 Å². The number of pyridine rings is 1. The van der Waals surface area contributed by atoms with E-state index in [0.717, 1.165) is 62.5 Å². The zero-order valence-corrected chi connectivity index (χ0v) is 18.9. The van der Waals surface area contributed by atoms with Gasteiger partial charge in [0.1, 0.15) is 0 Å². The first-order valence-corrected chi connectivity index (χ1v) is 11.3. The molecular weight excluding hydrogens is 433 g/mol. The van der Waals surface area contributed by atoms with Crippen molar-refractivity contribution in [2.24, 2.45) is 5.73 Å². The summed E-state index contributed by atoms with van der Waals surface area (Å²) in [6.07, 6.45) is 5.82. The number of benzene rings is 1. The number of piperazine rings is 1. The largest absolute Gasteiger partial charge is 0.368 e. The molecule has 164 valence electrons. The van der Waals surface area contributed by atoms with Crippen molar-refractivity contribution in [3.05, 3.63) is 64.9 Å². The summed E-state index contributed by atoms with van der Waals surface area (Å²) >= 11 is 12.5. The fourth-order valence-electron chi connectivity index (χ4n) is 4.11. The minimum absolute atomic E-state index is 0.414. The lowest BCUT2D eigenvalue weighted by Gasteiger charge is -2.36. The molecule has 4 rings (SSSR count). The maximum absolute atomic E-state index is 12.0. The molecule has 1 aliphatic rings. The van der Waals surface area contributed by atoms with Gasteiger partial charge in [0.2, 0.25) is 0 Å². The zero-order chi connectivity index (χ0) is 21.8. The minimum Gasteiger partial charge on any atom is -0.368 e. The summed E-state index contributed by atoms with van der Waals surface area (Å²) in [5, 5.41) is 1.22. The van der Waals surface area contributed by atoms with E-state index in [1.807, 2.05) is 59.3 Å². The van der Waals surface area contributed by atoms with Gasteiger partial charge < -0.3 is 15.0 Å². The van der Waals surface area contributed by atoms with Crippen molar-refractivity contribution in [1.82, 2.24) is 9.30 Å². The molecule has 2 amide bonds. The fraction of sp³-hybridized carbons (Fsp3) is 0.348. The maximum Gasteiger partial charge on any atom is 0.319 e. The molecule has 0 unspecified atom stereocenters. The van der Waals surface area contributed by atoms with Crippen molar-refractivity contribution in [1.29, 1.82) is 0 Å². The molecule has 1 aliphatic heterocycles. The van der Waals surface area contributed by atoms with Gasteiger partial charge in [0.15, 0.2) is 0 Å². The molecule has 0 spiro atoms. The van der Waals surface area contributed by atoms with E-state index in [9.17, 15) is 4.79 Å². The van der Waals surface area contributed by atoms with Crippen LogP contribution in [0.3, 0.4) is 0 Å². The second kappa shape index (κ2) is 9.81. The summed E-state index contributed by atoms with van der Waals surface area (Å²) in [5.41, 5.74) is 8.54. The number of anilines is 2. The lowest BCUT2D eigenvalue weighted by atomic mass is 10.2. The highest BCUT2D eigenvalue weighted by atomic mass is 35.5. The number of fused-ring (bicyclic) bond motifs is 1. The Morgan fingerprint density at radius 3 is 2.58 bits per heavy atom. The first-order valence-electron chi connectivity index (χ1n) is 10.6. The Balaban J connectivity index is 1.25. The molecule has 0 aliphatic carbocycles. The second-order valence-corrected chi connectivity index (χ2v) is 8.61. The van der Waals surface area contributed by atoms with Crippen molar-refractivity contribution in [3.63, 3.8) is 0 Å². The number of halogens is 2. The Bertz CT molecular complexity index is 1010. The number of carbonyl (C=O) groups is 1. The average molecular weight is 460 g/mol. The topological polar surface area (TPSA) is 57.2 Å². The molecule has 0 saturated carbocycles. The van der Waals surface area contributed by atoms with Gasteiger partial charge in [0, 0.05) is 50.6 Å². The summed E-state index contributed by atoms with van der Waals surface area (Å²) in [7, 11) is 0. The van der Waals surface area contributed by atoms with E-state index >= 15 is 0 Å². The molecule has 0 radical (unpaired) electrons. The summed E-state index contributed by atoms with van der Waals surface area (Å²) in [6, 6.07) is 13.3. The molecule has 3 aromatic rings. The van der Waals surface area contributed by atoms with Crippen LogP contribution >= 0.6 is 23.2 Å². The average Bonchev–Trinajstić information content (AvgIpc) is 3.19. The molecule has 6 nitrogen and oxygen atoms in total. The molecule has 2 aromatic heterocycles. The van der Waals surface area contributed by atoms with Gasteiger partial charge in [-0.1, -0.05) is 35.3 Å². The number of urea groups is 1. The van der Waals surface area contributed by atoms with Gasteiger partial charge >= 0.3 is 6.03 Å². The Morgan fingerprint density at radius 2 is 1.84 bits per heavy atom. The van der Waals surface area contributed by atoms with Gasteiger partial charge in [-0.3, -0.25) is 9.80 Å². The van der Waals surface area contributed by atoms with Crippen LogP contribution in [0.1, 0.15) is 12.8 Å². The maximum atomic E-state index is 12.0. The fourth-order valence-corrected chi connectivity index (χ4v) is 4.52. The van der Waals surface area contributed by atoms with Crippen LogP contribution in [0.5, 0.6) is 0 Å². The van der Waals surface area contributed by atoms with E-state index in [2.05, 4.69) is 9.80 Å². The standard InChI is InChI=1S/C23H27Cl2N5O/c24-20-7-5-8-21(22(20)25)28-14-12-27(13-15-28)9-3-4-11-30(23(26)31)19-16-18-6-1-2-10-29(18)17-19/h1-2,5-8,10,16-17H,3-4,9,11-15H2,(H2,26,31). The van der Waals surface area contributed by atoms with Crippen LogP contribution in [-0.4, -0.2) is 54.6 Å². The number of rotatable bonds is 7. The zero-order valence-electron chi connectivity index (χ0n) is 17.4. The number of aromatic nitrogens is 1. The van der Waals surface area contributed by atoms with Gasteiger partial charge in [0.25, 0.3) is 0 Å². The van der Waals surface area contributed by atoms with Crippen molar-refractivity contribution in [2.45, 2.75) is 12.8 Å². The van der Waals surface area contributed by atoms with Gasteiger partial charge in [-0.25, -0.2) is 4.79 Å². The molecule has 1 fully saturated rings. The van der Waals surface area contributed by atoms with Crippen molar-refractivity contribution < 1.29 is 4.79 Å². The molecule has 0 atom stereocenters. The summed E-state index contributed by atoms with van der Waals surface area (Å²) in [5.74, 6) is 0. The van der Waals surface area contributed by atoms with Crippen LogP contribution in [0.4, 0.5) is 16.2 Å². The minimum atomic E-state index is -0.414. The first-order chi connectivity index (χ1) is 15.0. The molecule has 31 heavy (non-hydrogen) atoms.